The van der Waals surface area contributed by atoms with E-state index in [4.69, 9.17) is 16.3 Å². The van der Waals surface area contributed by atoms with E-state index in [9.17, 15) is 14.9 Å². The molecule has 21 heavy (non-hydrogen) atoms. The summed E-state index contributed by atoms with van der Waals surface area (Å²) in [5.41, 5.74) is 0.791. The number of amides is 1. The highest BCUT2D eigenvalue weighted by Gasteiger charge is 2.13. The summed E-state index contributed by atoms with van der Waals surface area (Å²) in [5.74, 6) is 0.211. The van der Waals surface area contributed by atoms with Crippen LogP contribution in [0.25, 0.3) is 0 Å². The molecule has 2 aromatic rings. The summed E-state index contributed by atoms with van der Waals surface area (Å²) >= 11 is 5.91. The molecule has 108 valence electrons. The zero-order valence-corrected chi connectivity index (χ0v) is 11.8. The molecule has 0 aliphatic heterocycles. The second kappa shape index (κ2) is 6.23. The summed E-state index contributed by atoms with van der Waals surface area (Å²) in [6.07, 6.45) is -0.726. The molecule has 0 heterocycles. The van der Waals surface area contributed by atoms with Gasteiger partial charge in [-0.3, -0.25) is 15.4 Å². The highest BCUT2D eigenvalue weighted by molar-refractivity contribution is 6.33. The Morgan fingerprint density at radius 2 is 2.00 bits per heavy atom. The number of carbonyl (C=O) groups excluding carboxylic acids is 1. The molecule has 1 amide bonds. The molecule has 0 aliphatic carbocycles. The van der Waals surface area contributed by atoms with Gasteiger partial charge in [0.05, 0.1) is 15.6 Å². The van der Waals surface area contributed by atoms with Gasteiger partial charge in [-0.25, -0.2) is 4.79 Å². The second-order valence-electron chi connectivity index (χ2n) is 4.20. The van der Waals surface area contributed by atoms with Gasteiger partial charge in [-0.1, -0.05) is 23.7 Å². The first kappa shape index (κ1) is 14.8. The molecular weight excluding hydrogens is 296 g/mol. The van der Waals surface area contributed by atoms with Gasteiger partial charge in [0, 0.05) is 11.6 Å². The number of rotatable bonds is 3. The summed E-state index contributed by atoms with van der Waals surface area (Å²) in [6, 6.07) is 10.8. The van der Waals surface area contributed by atoms with Gasteiger partial charge in [-0.2, -0.15) is 0 Å². The number of nitro groups is 1. The zero-order chi connectivity index (χ0) is 15.4. The second-order valence-corrected chi connectivity index (χ2v) is 4.61. The number of nitrogens with one attached hydrogen (secondary N) is 1. The molecule has 2 rings (SSSR count). The molecule has 0 unspecified atom stereocenters. The topological polar surface area (TPSA) is 81.5 Å². The molecule has 2 aromatic carbocycles. The van der Waals surface area contributed by atoms with Crippen molar-refractivity contribution in [2.24, 2.45) is 0 Å². The van der Waals surface area contributed by atoms with Gasteiger partial charge in [0.2, 0.25) is 0 Å². The minimum Gasteiger partial charge on any atom is -0.410 e. The van der Waals surface area contributed by atoms with Crippen LogP contribution in [-0.4, -0.2) is 11.0 Å². The molecular formula is C14H11ClN2O4. The Morgan fingerprint density at radius 1 is 1.29 bits per heavy atom. The van der Waals surface area contributed by atoms with Crippen LogP contribution in [0.15, 0.2) is 42.5 Å². The minimum absolute atomic E-state index is 0.0335. The molecule has 0 atom stereocenters. The molecule has 0 fully saturated rings. The van der Waals surface area contributed by atoms with E-state index in [0.29, 0.717) is 16.3 Å². The van der Waals surface area contributed by atoms with Crippen LogP contribution < -0.4 is 10.1 Å². The van der Waals surface area contributed by atoms with Crippen LogP contribution in [0.3, 0.4) is 0 Å². The third kappa shape index (κ3) is 3.70. The lowest BCUT2D eigenvalue weighted by Crippen LogP contribution is -2.17. The summed E-state index contributed by atoms with van der Waals surface area (Å²) in [7, 11) is 0. The maximum atomic E-state index is 11.7. The smallest absolute Gasteiger partial charge is 0.410 e. The Balaban J connectivity index is 2.08. The largest absolute Gasteiger partial charge is 0.417 e. The van der Waals surface area contributed by atoms with Crippen LogP contribution in [0.4, 0.5) is 16.2 Å². The number of hydrogen-bond donors (Lipinski definition) is 1. The van der Waals surface area contributed by atoms with Crippen LogP contribution in [0.5, 0.6) is 5.75 Å². The van der Waals surface area contributed by atoms with Crippen molar-refractivity contribution in [1.29, 1.82) is 0 Å². The van der Waals surface area contributed by atoms with Crippen LogP contribution >= 0.6 is 11.6 Å². The molecule has 0 saturated heterocycles. The minimum atomic E-state index is -0.726. The average molecular weight is 307 g/mol. The normalized spacial score (nSPS) is 10.0. The monoisotopic (exact) mass is 306 g/mol. The number of benzene rings is 2. The highest BCUT2D eigenvalue weighted by Crippen LogP contribution is 2.24. The number of anilines is 1. The van der Waals surface area contributed by atoms with Crippen molar-refractivity contribution in [3.05, 3.63) is 63.2 Å². The van der Waals surface area contributed by atoms with E-state index in [-0.39, 0.29) is 11.4 Å². The van der Waals surface area contributed by atoms with Gasteiger partial charge in [0.25, 0.3) is 5.69 Å². The first-order valence-corrected chi connectivity index (χ1v) is 6.33. The Kier molecular flexibility index (Phi) is 4.39. The van der Waals surface area contributed by atoms with Crippen molar-refractivity contribution in [2.45, 2.75) is 6.92 Å². The van der Waals surface area contributed by atoms with E-state index in [2.05, 4.69) is 5.32 Å². The molecule has 7 heteroatoms. The summed E-state index contributed by atoms with van der Waals surface area (Å²) in [4.78, 5) is 21.9. The molecule has 1 N–H and O–H groups in total. The molecule has 6 nitrogen and oxygen atoms in total. The molecule has 0 spiro atoms. The van der Waals surface area contributed by atoms with Gasteiger partial charge in [0.1, 0.15) is 5.75 Å². The van der Waals surface area contributed by atoms with Crippen molar-refractivity contribution >= 4 is 29.1 Å². The van der Waals surface area contributed by atoms with E-state index >= 15 is 0 Å². The van der Waals surface area contributed by atoms with Crippen LogP contribution in [0.1, 0.15) is 5.56 Å². The number of aryl methyl sites for hydroxylation is 1. The van der Waals surface area contributed by atoms with Crippen molar-refractivity contribution in [2.75, 3.05) is 5.32 Å². The van der Waals surface area contributed by atoms with E-state index in [1.165, 1.54) is 18.2 Å². The molecule has 0 aromatic heterocycles. The Morgan fingerprint density at radius 3 is 2.62 bits per heavy atom. The Hall–Kier alpha value is -2.60. The predicted molar refractivity (Wildman–Crippen MR) is 78.9 cm³/mol. The van der Waals surface area contributed by atoms with Gasteiger partial charge in [0.15, 0.2) is 0 Å². The number of halogens is 1. The van der Waals surface area contributed by atoms with Gasteiger partial charge < -0.3 is 4.74 Å². The van der Waals surface area contributed by atoms with Crippen LogP contribution in [-0.2, 0) is 0 Å². The van der Waals surface area contributed by atoms with Crippen LogP contribution in [0.2, 0.25) is 5.02 Å². The Bertz CT molecular complexity index is 703. The molecule has 0 aliphatic rings. The van der Waals surface area contributed by atoms with Crippen molar-refractivity contribution in [3.8, 4) is 5.75 Å². The fraction of sp³-hybridized carbons (Fsp3) is 0.0714. The summed E-state index contributed by atoms with van der Waals surface area (Å²) in [6.45, 7) is 1.57. The lowest BCUT2D eigenvalue weighted by molar-refractivity contribution is -0.385. The molecule has 0 saturated carbocycles. The third-order valence-electron chi connectivity index (χ3n) is 2.69. The predicted octanol–water partition coefficient (Wildman–Crippen LogP) is 4.17. The number of nitrogens with zero attached hydrogens (tertiary/aromatic N) is 1. The molecule has 0 bridgehead atoms. The van der Waals surface area contributed by atoms with Gasteiger partial charge >= 0.3 is 6.09 Å². The fourth-order valence-corrected chi connectivity index (χ4v) is 1.88. The maximum absolute atomic E-state index is 11.7. The van der Waals surface area contributed by atoms with E-state index in [1.54, 1.807) is 31.2 Å². The standard InChI is InChI=1S/C14H11ClN2O4/c1-9-8-10(6-7-13(9)17(19)20)21-14(18)16-12-5-3-2-4-11(12)15/h2-8H,1H3,(H,16,18). The number of nitro benzene ring substituents is 1. The first-order chi connectivity index (χ1) is 9.97. The van der Waals surface area contributed by atoms with Crippen molar-refractivity contribution in [3.63, 3.8) is 0 Å². The maximum Gasteiger partial charge on any atom is 0.417 e. The van der Waals surface area contributed by atoms with Gasteiger partial charge in [-0.05, 0) is 31.2 Å². The fourth-order valence-electron chi connectivity index (χ4n) is 1.70. The first-order valence-electron chi connectivity index (χ1n) is 5.96. The summed E-state index contributed by atoms with van der Waals surface area (Å²) < 4.78 is 5.06. The third-order valence-corrected chi connectivity index (χ3v) is 3.02. The number of ether oxygens (including phenoxy) is 1. The number of hydrogen-bond acceptors (Lipinski definition) is 4. The lowest BCUT2D eigenvalue weighted by Gasteiger charge is -2.08. The van der Waals surface area contributed by atoms with Crippen molar-refractivity contribution in [1.82, 2.24) is 0 Å². The molecule has 0 radical (unpaired) electrons. The quantitative estimate of drug-likeness (QED) is 0.681. The average Bonchev–Trinajstić information content (AvgIpc) is 2.41. The number of carbonyl (C=O) groups is 1. The highest BCUT2D eigenvalue weighted by atomic mass is 35.5. The van der Waals surface area contributed by atoms with E-state index in [0.717, 1.165) is 0 Å². The Labute approximate surface area is 125 Å². The summed E-state index contributed by atoms with van der Waals surface area (Å²) in [5, 5.41) is 13.6. The lowest BCUT2D eigenvalue weighted by atomic mass is 10.2. The van der Waals surface area contributed by atoms with E-state index < -0.39 is 11.0 Å². The van der Waals surface area contributed by atoms with Crippen LogP contribution in [0, 0.1) is 17.0 Å². The van der Waals surface area contributed by atoms with Crippen molar-refractivity contribution < 1.29 is 14.5 Å². The zero-order valence-electron chi connectivity index (χ0n) is 11.0. The van der Waals surface area contributed by atoms with E-state index in [1.807, 2.05) is 0 Å². The SMILES string of the molecule is Cc1cc(OC(=O)Nc2ccccc2Cl)ccc1[N+](=O)[O-]. The van der Waals surface area contributed by atoms with Gasteiger partial charge in [-0.15, -0.1) is 0 Å². The number of para-hydroxylation sites is 1.